The molecule has 2 rings (SSSR count). The summed E-state index contributed by atoms with van der Waals surface area (Å²) >= 11 is 0. The van der Waals surface area contributed by atoms with E-state index in [-0.39, 0.29) is 5.91 Å². The lowest BCUT2D eigenvalue weighted by molar-refractivity contribution is -0.130. The Balaban J connectivity index is 1.79. The molecule has 1 unspecified atom stereocenters. The zero-order valence-electron chi connectivity index (χ0n) is 10.1. The zero-order valence-corrected chi connectivity index (χ0v) is 10.1. The van der Waals surface area contributed by atoms with Gasteiger partial charge in [0.05, 0.1) is 0 Å². The number of aliphatic hydroxyl groups excluding tert-OH is 1. The molecule has 0 spiro atoms. The SMILES string of the molecule is CC(=O)N1CCC(N2CCC(CO)C2)CC1. The number of hydrogen-bond donors (Lipinski definition) is 1. The van der Waals surface area contributed by atoms with E-state index in [1.54, 1.807) is 6.92 Å². The maximum Gasteiger partial charge on any atom is 0.219 e. The monoisotopic (exact) mass is 226 g/mol. The molecule has 1 atom stereocenters. The predicted octanol–water partition coefficient (Wildman–Crippen LogP) is 0.311. The van der Waals surface area contributed by atoms with Crippen LogP contribution in [0.2, 0.25) is 0 Å². The normalized spacial score (nSPS) is 28.6. The van der Waals surface area contributed by atoms with E-state index < -0.39 is 0 Å². The van der Waals surface area contributed by atoms with Crippen molar-refractivity contribution in [2.24, 2.45) is 5.92 Å². The van der Waals surface area contributed by atoms with Crippen LogP contribution in [0.4, 0.5) is 0 Å². The third-order valence-corrected chi connectivity index (χ3v) is 4.00. The van der Waals surface area contributed by atoms with Gasteiger partial charge in [0.1, 0.15) is 0 Å². The molecule has 0 bridgehead atoms. The quantitative estimate of drug-likeness (QED) is 0.737. The summed E-state index contributed by atoms with van der Waals surface area (Å²) in [5, 5.41) is 9.12. The summed E-state index contributed by atoms with van der Waals surface area (Å²) in [4.78, 5) is 15.6. The van der Waals surface area contributed by atoms with Gasteiger partial charge in [0.2, 0.25) is 5.91 Å². The second-order valence-corrected chi connectivity index (χ2v) is 5.07. The number of piperidine rings is 1. The van der Waals surface area contributed by atoms with Crippen LogP contribution in [-0.4, -0.2) is 59.6 Å². The summed E-state index contributed by atoms with van der Waals surface area (Å²) in [6.45, 7) is 5.94. The predicted molar refractivity (Wildman–Crippen MR) is 62.0 cm³/mol. The third kappa shape index (κ3) is 2.55. The average molecular weight is 226 g/mol. The molecule has 1 N–H and O–H groups in total. The minimum Gasteiger partial charge on any atom is -0.396 e. The molecule has 2 aliphatic heterocycles. The van der Waals surface area contributed by atoms with Crippen LogP contribution in [0, 0.1) is 5.92 Å². The highest BCUT2D eigenvalue weighted by Gasteiger charge is 2.30. The highest BCUT2D eigenvalue weighted by molar-refractivity contribution is 5.73. The second-order valence-electron chi connectivity index (χ2n) is 5.07. The molecule has 0 aromatic heterocycles. The smallest absolute Gasteiger partial charge is 0.219 e. The van der Waals surface area contributed by atoms with E-state index in [1.165, 1.54) is 0 Å². The maximum absolute atomic E-state index is 11.2. The van der Waals surface area contributed by atoms with Crippen LogP contribution >= 0.6 is 0 Å². The molecule has 2 saturated heterocycles. The van der Waals surface area contributed by atoms with Crippen molar-refractivity contribution in [3.05, 3.63) is 0 Å². The Morgan fingerprint density at radius 1 is 1.25 bits per heavy atom. The summed E-state index contributed by atoms with van der Waals surface area (Å²) < 4.78 is 0. The number of likely N-dealkylation sites (tertiary alicyclic amines) is 2. The fourth-order valence-electron chi connectivity index (χ4n) is 2.89. The molecule has 0 aromatic carbocycles. The molecule has 1 amide bonds. The lowest BCUT2D eigenvalue weighted by Crippen LogP contribution is -2.45. The van der Waals surface area contributed by atoms with Crippen LogP contribution in [0.3, 0.4) is 0 Å². The van der Waals surface area contributed by atoms with Crippen molar-refractivity contribution in [1.29, 1.82) is 0 Å². The molecular weight excluding hydrogens is 204 g/mol. The van der Waals surface area contributed by atoms with Crippen LogP contribution in [-0.2, 0) is 4.79 Å². The topological polar surface area (TPSA) is 43.8 Å². The highest BCUT2D eigenvalue weighted by atomic mass is 16.3. The number of carbonyl (C=O) groups is 1. The summed E-state index contributed by atoms with van der Waals surface area (Å²) in [5.74, 6) is 0.680. The van der Waals surface area contributed by atoms with Gasteiger partial charge in [0.15, 0.2) is 0 Å². The van der Waals surface area contributed by atoms with Gasteiger partial charge in [-0.3, -0.25) is 9.69 Å². The number of rotatable bonds is 2. The van der Waals surface area contributed by atoms with E-state index in [0.29, 0.717) is 18.6 Å². The molecule has 0 aliphatic carbocycles. The van der Waals surface area contributed by atoms with Crippen molar-refractivity contribution in [3.63, 3.8) is 0 Å². The number of amides is 1. The van der Waals surface area contributed by atoms with E-state index in [2.05, 4.69) is 4.90 Å². The average Bonchev–Trinajstić information content (AvgIpc) is 2.77. The Labute approximate surface area is 97.2 Å². The van der Waals surface area contributed by atoms with E-state index in [4.69, 9.17) is 5.11 Å². The Hall–Kier alpha value is -0.610. The first kappa shape index (κ1) is 11.9. The van der Waals surface area contributed by atoms with Gasteiger partial charge in [0.25, 0.3) is 0 Å². The fourth-order valence-corrected chi connectivity index (χ4v) is 2.89. The van der Waals surface area contributed by atoms with Crippen molar-refractivity contribution < 1.29 is 9.90 Å². The van der Waals surface area contributed by atoms with Crippen molar-refractivity contribution in [3.8, 4) is 0 Å². The molecule has 0 radical (unpaired) electrons. The number of nitrogens with zero attached hydrogens (tertiary/aromatic N) is 2. The van der Waals surface area contributed by atoms with Gasteiger partial charge >= 0.3 is 0 Å². The lowest BCUT2D eigenvalue weighted by Gasteiger charge is -2.36. The summed E-state index contributed by atoms with van der Waals surface area (Å²) in [6.07, 6.45) is 3.32. The van der Waals surface area contributed by atoms with Crippen molar-refractivity contribution in [2.45, 2.75) is 32.2 Å². The standard InChI is InChI=1S/C12H22N2O2/c1-10(16)13-6-3-12(4-7-13)14-5-2-11(8-14)9-15/h11-12,15H,2-9H2,1H3. The van der Waals surface area contributed by atoms with E-state index >= 15 is 0 Å². The first-order chi connectivity index (χ1) is 7.70. The molecule has 16 heavy (non-hydrogen) atoms. The van der Waals surface area contributed by atoms with Crippen molar-refractivity contribution in [2.75, 3.05) is 32.8 Å². The molecule has 2 heterocycles. The summed E-state index contributed by atoms with van der Waals surface area (Å²) in [7, 11) is 0. The molecule has 92 valence electrons. The number of aliphatic hydroxyl groups is 1. The minimum atomic E-state index is 0.202. The molecular formula is C12H22N2O2. The molecule has 2 fully saturated rings. The zero-order chi connectivity index (χ0) is 11.5. The van der Waals surface area contributed by atoms with Crippen molar-refractivity contribution in [1.82, 2.24) is 9.80 Å². The highest BCUT2D eigenvalue weighted by Crippen LogP contribution is 2.23. The van der Waals surface area contributed by atoms with Gasteiger partial charge in [-0.15, -0.1) is 0 Å². The molecule has 4 heteroatoms. The van der Waals surface area contributed by atoms with Gasteiger partial charge in [-0.25, -0.2) is 0 Å². The summed E-state index contributed by atoms with van der Waals surface area (Å²) in [5.41, 5.74) is 0. The van der Waals surface area contributed by atoms with Gasteiger partial charge in [-0.05, 0) is 31.7 Å². The third-order valence-electron chi connectivity index (χ3n) is 4.00. The Kier molecular flexibility index (Phi) is 3.82. The van der Waals surface area contributed by atoms with Crippen molar-refractivity contribution >= 4 is 5.91 Å². The van der Waals surface area contributed by atoms with Gasteiger partial charge < -0.3 is 10.0 Å². The van der Waals surface area contributed by atoms with Crippen LogP contribution in [0.5, 0.6) is 0 Å². The maximum atomic E-state index is 11.2. The van der Waals surface area contributed by atoms with Crippen LogP contribution < -0.4 is 0 Å². The molecule has 4 nitrogen and oxygen atoms in total. The first-order valence-electron chi connectivity index (χ1n) is 6.31. The van der Waals surface area contributed by atoms with E-state index in [0.717, 1.165) is 45.4 Å². The van der Waals surface area contributed by atoms with Crippen LogP contribution in [0.25, 0.3) is 0 Å². The molecule has 2 aliphatic rings. The second kappa shape index (κ2) is 5.15. The number of hydrogen-bond acceptors (Lipinski definition) is 3. The Morgan fingerprint density at radius 3 is 2.44 bits per heavy atom. The Bertz CT molecular complexity index is 249. The Morgan fingerprint density at radius 2 is 1.94 bits per heavy atom. The number of carbonyl (C=O) groups excluding carboxylic acids is 1. The van der Waals surface area contributed by atoms with Crippen LogP contribution in [0.15, 0.2) is 0 Å². The van der Waals surface area contributed by atoms with E-state index in [9.17, 15) is 4.79 Å². The molecule has 0 saturated carbocycles. The lowest BCUT2D eigenvalue weighted by atomic mass is 10.0. The first-order valence-corrected chi connectivity index (χ1v) is 6.31. The van der Waals surface area contributed by atoms with Gasteiger partial charge in [-0.1, -0.05) is 0 Å². The fraction of sp³-hybridized carbons (Fsp3) is 0.917. The van der Waals surface area contributed by atoms with Crippen LogP contribution in [0.1, 0.15) is 26.2 Å². The summed E-state index contributed by atoms with van der Waals surface area (Å²) in [6, 6.07) is 0.632. The minimum absolute atomic E-state index is 0.202. The van der Waals surface area contributed by atoms with E-state index in [1.807, 2.05) is 4.90 Å². The van der Waals surface area contributed by atoms with Gasteiger partial charge in [-0.2, -0.15) is 0 Å². The van der Waals surface area contributed by atoms with Gasteiger partial charge in [0, 0.05) is 39.2 Å². The largest absolute Gasteiger partial charge is 0.396 e. The molecule has 0 aromatic rings.